The van der Waals surface area contributed by atoms with E-state index in [9.17, 15) is 4.79 Å². The zero-order chi connectivity index (χ0) is 13.8. The van der Waals surface area contributed by atoms with E-state index in [2.05, 4.69) is 30.1 Å². The third-order valence-corrected chi connectivity index (χ3v) is 3.50. The molecule has 0 aliphatic heterocycles. The molecule has 0 bridgehead atoms. The van der Waals surface area contributed by atoms with Crippen LogP contribution >= 0.6 is 11.3 Å². The normalized spacial score (nSPS) is 11.1. The third-order valence-electron chi connectivity index (χ3n) is 2.54. The van der Waals surface area contributed by atoms with E-state index in [1.54, 1.807) is 11.3 Å². The van der Waals surface area contributed by atoms with Crippen LogP contribution in [0.2, 0.25) is 0 Å². The summed E-state index contributed by atoms with van der Waals surface area (Å²) in [5, 5.41) is 14.5. The van der Waals surface area contributed by atoms with Gasteiger partial charge < -0.3 is 9.63 Å². The molecule has 0 atom stereocenters. The lowest BCUT2D eigenvalue weighted by molar-refractivity contribution is -0.137. The molecule has 0 aliphatic carbocycles. The molecule has 6 heteroatoms. The minimum atomic E-state index is -0.866. The molecular weight excluding hydrogens is 264 g/mol. The van der Waals surface area contributed by atoms with E-state index in [4.69, 9.17) is 9.63 Å². The van der Waals surface area contributed by atoms with Gasteiger partial charge in [0.25, 0.3) is 0 Å². The standard InChI is InChI=1S/C13H16N2O3S/c1-8(2)5-10-6-9(7-19-10)13-14-11(18-15-13)3-4-12(16)17/h6-8H,3-5H2,1-2H3,(H,16,17). The van der Waals surface area contributed by atoms with Crippen molar-refractivity contribution in [3.8, 4) is 11.4 Å². The second-order valence-corrected chi connectivity index (χ2v) is 5.80. The highest BCUT2D eigenvalue weighted by Gasteiger charge is 2.12. The summed E-state index contributed by atoms with van der Waals surface area (Å²) in [6, 6.07) is 2.07. The van der Waals surface area contributed by atoms with Gasteiger partial charge >= 0.3 is 5.97 Å². The number of hydrogen-bond acceptors (Lipinski definition) is 5. The van der Waals surface area contributed by atoms with E-state index in [-0.39, 0.29) is 12.8 Å². The number of carboxylic acids is 1. The molecule has 1 N–H and O–H groups in total. The molecule has 2 heterocycles. The maximum Gasteiger partial charge on any atom is 0.303 e. The maximum atomic E-state index is 10.5. The first kappa shape index (κ1) is 13.7. The van der Waals surface area contributed by atoms with Gasteiger partial charge in [-0.05, 0) is 18.4 Å². The summed E-state index contributed by atoms with van der Waals surface area (Å²) >= 11 is 1.68. The Morgan fingerprint density at radius 1 is 1.53 bits per heavy atom. The highest BCUT2D eigenvalue weighted by Crippen LogP contribution is 2.25. The summed E-state index contributed by atoms with van der Waals surface area (Å²) in [5.41, 5.74) is 0.936. The molecule has 0 radical (unpaired) electrons. The number of nitrogens with zero attached hydrogens (tertiary/aromatic N) is 2. The Bertz CT molecular complexity index is 560. The van der Waals surface area contributed by atoms with E-state index in [0.29, 0.717) is 17.6 Å². The summed E-state index contributed by atoms with van der Waals surface area (Å²) in [6.07, 6.45) is 1.31. The van der Waals surface area contributed by atoms with Gasteiger partial charge in [-0.2, -0.15) is 4.98 Å². The van der Waals surface area contributed by atoms with E-state index in [1.807, 2.05) is 5.38 Å². The van der Waals surface area contributed by atoms with Crippen molar-refractivity contribution in [2.45, 2.75) is 33.1 Å². The minimum Gasteiger partial charge on any atom is -0.481 e. The van der Waals surface area contributed by atoms with Gasteiger partial charge in [-0.3, -0.25) is 4.79 Å². The summed E-state index contributed by atoms with van der Waals surface area (Å²) in [5.74, 6) is 0.651. The lowest BCUT2D eigenvalue weighted by atomic mass is 10.1. The second-order valence-electron chi connectivity index (χ2n) is 4.81. The van der Waals surface area contributed by atoms with Crippen molar-refractivity contribution in [3.63, 3.8) is 0 Å². The van der Waals surface area contributed by atoms with Gasteiger partial charge in [-0.15, -0.1) is 11.3 Å². The summed E-state index contributed by atoms with van der Waals surface area (Å²) in [4.78, 5) is 16.0. The summed E-state index contributed by atoms with van der Waals surface area (Å²) in [6.45, 7) is 4.36. The summed E-state index contributed by atoms with van der Waals surface area (Å²) < 4.78 is 5.04. The first-order valence-electron chi connectivity index (χ1n) is 6.16. The average Bonchev–Trinajstić information content (AvgIpc) is 2.93. The molecule has 0 aromatic carbocycles. The monoisotopic (exact) mass is 280 g/mol. The Hall–Kier alpha value is -1.69. The molecule has 0 saturated carbocycles. The van der Waals surface area contributed by atoms with Crippen LogP contribution < -0.4 is 0 Å². The topological polar surface area (TPSA) is 76.2 Å². The lowest BCUT2D eigenvalue weighted by Gasteiger charge is -1.99. The Balaban J connectivity index is 2.05. The zero-order valence-corrected chi connectivity index (χ0v) is 11.7. The smallest absolute Gasteiger partial charge is 0.303 e. The molecule has 5 nitrogen and oxygen atoms in total. The van der Waals surface area contributed by atoms with Crippen LogP contribution in [0.1, 0.15) is 31.0 Å². The first-order chi connectivity index (χ1) is 9.04. The number of carboxylic acid groups (broad SMARTS) is 1. The fraction of sp³-hybridized carbons (Fsp3) is 0.462. The largest absolute Gasteiger partial charge is 0.481 e. The van der Waals surface area contributed by atoms with Crippen LogP contribution in [0, 0.1) is 5.92 Å². The highest BCUT2D eigenvalue weighted by molar-refractivity contribution is 7.10. The maximum absolute atomic E-state index is 10.5. The molecule has 2 aromatic rings. The fourth-order valence-corrected chi connectivity index (χ4v) is 2.77. The number of carbonyl (C=O) groups is 1. The fourth-order valence-electron chi connectivity index (χ4n) is 1.69. The molecule has 2 aromatic heterocycles. The predicted octanol–water partition coefficient (Wildman–Crippen LogP) is 3.01. The zero-order valence-electron chi connectivity index (χ0n) is 10.9. The third kappa shape index (κ3) is 3.89. The second kappa shape index (κ2) is 5.97. The van der Waals surface area contributed by atoms with Crippen molar-refractivity contribution in [3.05, 3.63) is 22.2 Å². The summed E-state index contributed by atoms with van der Waals surface area (Å²) in [7, 11) is 0. The van der Waals surface area contributed by atoms with Crippen LogP contribution in [0.25, 0.3) is 11.4 Å². The molecule has 2 rings (SSSR count). The van der Waals surface area contributed by atoms with E-state index >= 15 is 0 Å². The average molecular weight is 280 g/mol. The Morgan fingerprint density at radius 3 is 3.00 bits per heavy atom. The van der Waals surface area contributed by atoms with Crippen LogP contribution in [-0.4, -0.2) is 21.2 Å². The number of thiophene rings is 1. The molecule has 102 valence electrons. The van der Waals surface area contributed by atoms with Gasteiger partial charge in [0.05, 0.1) is 6.42 Å². The molecule has 0 unspecified atom stereocenters. The minimum absolute atomic E-state index is 0.00384. The lowest BCUT2D eigenvalue weighted by Crippen LogP contribution is -1.97. The Labute approximate surface area is 115 Å². The number of aromatic nitrogens is 2. The number of aliphatic carboxylic acids is 1. The van der Waals surface area contributed by atoms with Crippen LogP contribution in [0.15, 0.2) is 16.0 Å². The van der Waals surface area contributed by atoms with E-state index < -0.39 is 5.97 Å². The molecular formula is C13H16N2O3S. The van der Waals surface area contributed by atoms with E-state index in [0.717, 1.165) is 12.0 Å². The Morgan fingerprint density at radius 2 is 2.32 bits per heavy atom. The quantitative estimate of drug-likeness (QED) is 0.880. The Kier molecular flexibility index (Phi) is 4.31. The molecule has 0 saturated heterocycles. The van der Waals surface area contributed by atoms with Gasteiger partial charge in [0.15, 0.2) is 0 Å². The van der Waals surface area contributed by atoms with Gasteiger partial charge in [-0.1, -0.05) is 19.0 Å². The molecule has 0 amide bonds. The van der Waals surface area contributed by atoms with Gasteiger partial charge in [-0.25, -0.2) is 0 Å². The highest BCUT2D eigenvalue weighted by atomic mass is 32.1. The van der Waals surface area contributed by atoms with E-state index in [1.165, 1.54) is 4.88 Å². The van der Waals surface area contributed by atoms with Crippen molar-refractivity contribution in [2.24, 2.45) is 5.92 Å². The predicted molar refractivity (Wildman–Crippen MR) is 72.1 cm³/mol. The SMILES string of the molecule is CC(C)Cc1cc(-c2noc(CCC(=O)O)n2)cs1. The first-order valence-corrected chi connectivity index (χ1v) is 7.04. The van der Waals surface area contributed by atoms with Crippen LogP contribution in [0.4, 0.5) is 0 Å². The van der Waals surface area contributed by atoms with Gasteiger partial charge in [0.2, 0.25) is 11.7 Å². The van der Waals surface area contributed by atoms with Crippen LogP contribution in [0.5, 0.6) is 0 Å². The number of rotatable bonds is 6. The van der Waals surface area contributed by atoms with Crippen molar-refractivity contribution in [1.82, 2.24) is 10.1 Å². The van der Waals surface area contributed by atoms with Crippen molar-refractivity contribution >= 4 is 17.3 Å². The molecule has 0 spiro atoms. The van der Waals surface area contributed by atoms with Gasteiger partial charge in [0.1, 0.15) is 0 Å². The van der Waals surface area contributed by atoms with Gasteiger partial charge in [0, 0.05) is 22.2 Å². The number of hydrogen-bond donors (Lipinski definition) is 1. The van der Waals surface area contributed by atoms with Crippen LogP contribution in [-0.2, 0) is 17.6 Å². The van der Waals surface area contributed by atoms with Crippen molar-refractivity contribution in [1.29, 1.82) is 0 Å². The van der Waals surface area contributed by atoms with Crippen LogP contribution in [0.3, 0.4) is 0 Å². The number of aryl methyl sites for hydroxylation is 1. The molecule has 0 aliphatic rings. The van der Waals surface area contributed by atoms with Crippen molar-refractivity contribution in [2.75, 3.05) is 0 Å². The van der Waals surface area contributed by atoms with Crippen molar-refractivity contribution < 1.29 is 14.4 Å². The molecule has 0 fully saturated rings. The molecule has 19 heavy (non-hydrogen) atoms.